The smallest absolute Gasteiger partial charge is 0.0227 e. The Hall–Kier alpha value is -1.99. The Morgan fingerprint density at radius 3 is 2.55 bits per heavy atom. The molecule has 0 amide bonds. The first-order valence-corrected chi connectivity index (χ1v) is 7.66. The van der Waals surface area contributed by atoms with Crippen LogP contribution in [0.15, 0.2) is 88.7 Å². The second kappa shape index (κ2) is 4.84. The quantitative estimate of drug-likeness (QED) is 0.669. The Balaban J connectivity index is 1.79. The molecule has 1 heteroatoms. The third kappa shape index (κ3) is 2.04. The van der Waals surface area contributed by atoms with Gasteiger partial charge in [0, 0.05) is 15.7 Å². The zero-order valence-electron chi connectivity index (χ0n) is 11.0. The van der Waals surface area contributed by atoms with Gasteiger partial charge < -0.3 is 0 Å². The lowest BCUT2D eigenvalue weighted by Crippen LogP contribution is -1.98. The summed E-state index contributed by atoms with van der Waals surface area (Å²) in [6, 6.07) is 19.3. The summed E-state index contributed by atoms with van der Waals surface area (Å²) in [6.45, 7) is 0. The summed E-state index contributed by atoms with van der Waals surface area (Å²) in [5.41, 5.74) is 3.99. The number of thioether (sulfide) groups is 1. The molecule has 4 rings (SSSR count). The van der Waals surface area contributed by atoms with Gasteiger partial charge in [0.15, 0.2) is 0 Å². The first kappa shape index (κ1) is 11.8. The van der Waals surface area contributed by atoms with Crippen molar-refractivity contribution in [2.75, 3.05) is 0 Å². The lowest BCUT2D eigenvalue weighted by atomic mass is 9.97. The topological polar surface area (TPSA) is 0 Å². The zero-order chi connectivity index (χ0) is 13.4. The minimum absolute atomic E-state index is 0.403. The van der Waals surface area contributed by atoms with Crippen molar-refractivity contribution in [3.63, 3.8) is 0 Å². The van der Waals surface area contributed by atoms with Gasteiger partial charge in [-0.15, -0.1) is 0 Å². The molecule has 0 radical (unpaired) electrons. The van der Waals surface area contributed by atoms with Crippen LogP contribution >= 0.6 is 11.8 Å². The van der Waals surface area contributed by atoms with Gasteiger partial charge in [-0.1, -0.05) is 78.5 Å². The number of fused-ring (bicyclic) bond motifs is 3. The van der Waals surface area contributed by atoms with Gasteiger partial charge in [-0.2, -0.15) is 0 Å². The fraction of sp³-hybridized carbons (Fsp3) is 0.0526. The summed E-state index contributed by atoms with van der Waals surface area (Å²) in [4.78, 5) is 2.72. The molecule has 2 aliphatic rings. The van der Waals surface area contributed by atoms with E-state index in [1.807, 2.05) is 11.8 Å². The number of allylic oxidation sites excluding steroid dienone is 5. The summed E-state index contributed by atoms with van der Waals surface area (Å²) in [6.07, 6.45) is 9.22. The molecular weight excluding hydrogens is 260 g/mol. The molecule has 1 aliphatic carbocycles. The fourth-order valence-electron chi connectivity index (χ4n) is 2.73. The Morgan fingerprint density at radius 1 is 0.850 bits per heavy atom. The molecule has 2 bridgehead atoms. The van der Waals surface area contributed by atoms with Gasteiger partial charge in [-0.3, -0.25) is 0 Å². The van der Waals surface area contributed by atoms with Crippen LogP contribution in [0.3, 0.4) is 0 Å². The molecule has 0 fully saturated rings. The van der Waals surface area contributed by atoms with Crippen LogP contribution in [0.4, 0.5) is 0 Å². The molecule has 0 saturated carbocycles. The maximum Gasteiger partial charge on any atom is 0.0227 e. The van der Waals surface area contributed by atoms with Crippen LogP contribution in [0.1, 0.15) is 17.0 Å². The van der Waals surface area contributed by atoms with Crippen LogP contribution in [0.2, 0.25) is 0 Å². The number of benzene rings is 2. The maximum absolute atomic E-state index is 2.36. The number of rotatable bonds is 1. The van der Waals surface area contributed by atoms with Crippen LogP contribution in [0.25, 0.3) is 5.57 Å². The van der Waals surface area contributed by atoms with Gasteiger partial charge >= 0.3 is 0 Å². The van der Waals surface area contributed by atoms with Crippen molar-refractivity contribution in [2.24, 2.45) is 0 Å². The molecule has 2 aromatic rings. The normalized spacial score (nSPS) is 19.7. The van der Waals surface area contributed by atoms with E-state index < -0.39 is 0 Å². The number of hydrogen-bond acceptors (Lipinski definition) is 1. The summed E-state index contributed by atoms with van der Waals surface area (Å²) < 4.78 is 0. The molecular formula is C19H14S. The van der Waals surface area contributed by atoms with Crippen molar-refractivity contribution in [1.82, 2.24) is 0 Å². The fourth-order valence-corrected chi connectivity index (χ4v) is 3.86. The van der Waals surface area contributed by atoms with Gasteiger partial charge in [0.1, 0.15) is 0 Å². The highest BCUT2D eigenvalue weighted by atomic mass is 32.2. The molecule has 20 heavy (non-hydrogen) atoms. The van der Waals surface area contributed by atoms with Crippen molar-refractivity contribution in [3.05, 3.63) is 94.9 Å². The molecule has 96 valence electrons. The van der Waals surface area contributed by atoms with E-state index in [1.165, 1.54) is 26.5 Å². The van der Waals surface area contributed by atoms with Crippen molar-refractivity contribution in [1.29, 1.82) is 0 Å². The van der Waals surface area contributed by atoms with Gasteiger partial charge in [0.2, 0.25) is 0 Å². The van der Waals surface area contributed by atoms with Gasteiger partial charge in [0.05, 0.1) is 0 Å². The van der Waals surface area contributed by atoms with Gasteiger partial charge in [0.25, 0.3) is 0 Å². The molecule has 1 unspecified atom stereocenters. The van der Waals surface area contributed by atoms with Crippen LogP contribution < -0.4 is 0 Å². The van der Waals surface area contributed by atoms with E-state index in [0.717, 1.165) is 0 Å². The minimum atomic E-state index is 0.403. The molecule has 0 N–H and O–H groups in total. The predicted octanol–water partition coefficient (Wildman–Crippen LogP) is 5.41. The van der Waals surface area contributed by atoms with Crippen molar-refractivity contribution < 1.29 is 0 Å². The highest BCUT2D eigenvalue weighted by Crippen LogP contribution is 2.44. The first-order chi connectivity index (χ1) is 9.90. The Labute approximate surface area is 123 Å². The zero-order valence-corrected chi connectivity index (χ0v) is 11.8. The van der Waals surface area contributed by atoms with E-state index in [4.69, 9.17) is 0 Å². The van der Waals surface area contributed by atoms with Crippen LogP contribution in [0, 0.1) is 0 Å². The molecule has 0 saturated heterocycles. The third-order valence-electron chi connectivity index (χ3n) is 3.74. The van der Waals surface area contributed by atoms with Crippen molar-refractivity contribution in [3.8, 4) is 0 Å². The van der Waals surface area contributed by atoms with E-state index in [-0.39, 0.29) is 0 Å². The van der Waals surface area contributed by atoms with Crippen molar-refractivity contribution in [2.45, 2.75) is 10.8 Å². The molecule has 1 aliphatic heterocycles. The maximum atomic E-state index is 2.36. The lowest BCUT2D eigenvalue weighted by molar-refractivity contribution is 1.02. The molecule has 0 spiro atoms. The second-order valence-electron chi connectivity index (χ2n) is 5.06. The standard InChI is InChI=1S/C19H14S/c1-2-6-14(7-3-1)15-10-11-16-13-17(12-15)20-19-9-5-4-8-18(16)19/h1-13,16H. The first-order valence-electron chi connectivity index (χ1n) is 6.84. The summed E-state index contributed by atoms with van der Waals surface area (Å²) in [5, 5.41) is 0. The Kier molecular flexibility index (Phi) is 2.86. The summed E-state index contributed by atoms with van der Waals surface area (Å²) in [7, 11) is 0. The SMILES string of the molecule is C1=CC2C=C(C=C1c1ccccc1)Sc1ccccc12. The highest BCUT2D eigenvalue weighted by Gasteiger charge is 2.20. The Bertz CT molecular complexity index is 735. The van der Waals surface area contributed by atoms with E-state index in [0.29, 0.717) is 5.92 Å². The predicted molar refractivity (Wildman–Crippen MR) is 86.7 cm³/mol. The monoisotopic (exact) mass is 274 g/mol. The highest BCUT2D eigenvalue weighted by molar-refractivity contribution is 8.03. The molecule has 2 aromatic carbocycles. The molecule has 1 atom stereocenters. The molecule has 0 aromatic heterocycles. The summed E-state index contributed by atoms with van der Waals surface area (Å²) in [5.74, 6) is 0.403. The Morgan fingerprint density at radius 2 is 1.65 bits per heavy atom. The van der Waals surface area contributed by atoms with Gasteiger partial charge in [-0.05, 0) is 28.8 Å². The third-order valence-corrected chi connectivity index (χ3v) is 4.82. The second-order valence-corrected chi connectivity index (χ2v) is 6.17. The number of hydrogen-bond donors (Lipinski definition) is 0. The van der Waals surface area contributed by atoms with Gasteiger partial charge in [-0.25, -0.2) is 0 Å². The molecule has 0 nitrogen and oxygen atoms in total. The van der Waals surface area contributed by atoms with Crippen LogP contribution in [0.5, 0.6) is 0 Å². The lowest BCUT2D eigenvalue weighted by Gasteiger charge is -2.19. The van der Waals surface area contributed by atoms with Crippen LogP contribution in [-0.4, -0.2) is 0 Å². The van der Waals surface area contributed by atoms with Crippen LogP contribution in [-0.2, 0) is 0 Å². The largest absolute Gasteiger partial charge is 0.0901 e. The minimum Gasteiger partial charge on any atom is -0.0901 e. The molecule has 1 heterocycles. The van der Waals surface area contributed by atoms with Crippen molar-refractivity contribution >= 4 is 17.3 Å². The van der Waals surface area contributed by atoms with E-state index >= 15 is 0 Å². The van der Waals surface area contributed by atoms with E-state index in [2.05, 4.69) is 78.9 Å². The summed E-state index contributed by atoms with van der Waals surface area (Å²) >= 11 is 1.87. The average Bonchev–Trinajstić information content (AvgIpc) is 2.68. The van der Waals surface area contributed by atoms with E-state index in [9.17, 15) is 0 Å². The van der Waals surface area contributed by atoms with E-state index in [1.54, 1.807) is 0 Å². The average molecular weight is 274 g/mol.